The zero-order valence-corrected chi connectivity index (χ0v) is 16.0. The molecule has 0 fully saturated rings. The van der Waals surface area contributed by atoms with Crippen LogP contribution in [-0.4, -0.2) is 36.9 Å². The second-order valence-corrected chi connectivity index (χ2v) is 6.68. The van der Waals surface area contributed by atoms with E-state index in [1.165, 1.54) is 18.2 Å². The van der Waals surface area contributed by atoms with E-state index in [0.29, 0.717) is 11.6 Å². The lowest BCUT2D eigenvalue weighted by Crippen LogP contribution is -2.36. The fourth-order valence-corrected chi connectivity index (χ4v) is 2.76. The van der Waals surface area contributed by atoms with Gasteiger partial charge < -0.3 is 10.6 Å². The average molecular weight is 371 g/mol. The van der Waals surface area contributed by atoms with Crippen LogP contribution in [0.4, 0.5) is 15.8 Å². The highest BCUT2D eigenvalue weighted by atomic mass is 19.1. The van der Waals surface area contributed by atoms with Crippen LogP contribution in [0, 0.1) is 5.82 Å². The first-order chi connectivity index (χ1) is 12.9. The Balaban J connectivity index is 1.88. The van der Waals surface area contributed by atoms with Gasteiger partial charge in [0.2, 0.25) is 11.8 Å². The molecule has 2 N–H and O–H groups in total. The first-order valence-electron chi connectivity index (χ1n) is 9.01. The van der Waals surface area contributed by atoms with E-state index in [1.54, 1.807) is 18.0 Å². The number of carbonyl (C=O) groups is 2. The normalized spacial score (nSPS) is 11.9. The van der Waals surface area contributed by atoms with Crippen molar-refractivity contribution in [3.8, 4) is 0 Å². The van der Waals surface area contributed by atoms with Gasteiger partial charge in [0.15, 0.2) is 0 Å². The first-order valence-corrected chi connectivity index (χ1v) is 9.01. The Kier molecular flexibility index (Phi) is 7.49. The number of hydrogen-bond acceptors (Lipinski definition) is 3. The third kappa shape index (κ3) is 6.49. The fraction of sp³-hybridized carbons (Fsp3) is 0.333. The minimum absolute atomic E-state index is 0.0247. The number of anilines is 2. The molecule has 6 heteroatoms. The van der Waals surface area contributed by atoms with Crippen LogP contribution in [0.15, 0.2) is 48.5 Å². The maximum atomic E-state index is 13.2. The zero-order chi connectivity index (χ0) is 19.8. The summed E-state index contributed by atoms with van der Waals surface area (Å²) in [5, 5.41) is 5.54. The molecule has 0 spiro atoms. The largest absolute Gasteiger partial charge is 0.325 e. The smallest absolute Gasteiger partial charge is 0.238 e. The topological polar surface area (TPSA) is 61.4 Å². The lowest BCUT2D eigenvalue weighted by atomic mass is 9.97. The molecule has 2 amide bonds. The molecule has 0 saturated heterocycles. The number of para-hydroxylation sites is 1. The van der Waals surface area contributed by atoms with Crippen LogP contribution in [0.5, 0.6) is 0 Å². The highest BCUT2D eigenvalue weighted by Crippen LogP contribution is 2.26. The monoisotopic (exact) mass is 371 g/mol. The van der Waals surface area contributed by atoms with E-state index in [1.807, 2.05) is 24.3 Å². The van der Waals surface area contributed by atoms with Crippen LogP contribution < -0.4 is 10.6 Å². The number of likely N-dealkylation sites (N-methyl/N-ethyl adjacent to an activating group) is 1. The van der Waals surface area contributed by atoms with E-state index in [4.69, 9.17) is 0 Å². The first kappa shape index (κ1) is 20.6. The van der Waals surface area contributed by atoms with Crippen LogP contribution >= 0.6 is 0 Å². The minimum Gasteiger partial charge on any atom is -0.325 e. The molecule has 27 heavy (non-hydrogen) atoms. The summed E-state index contributed by atoms with van der Waals surface area (Å²) in [7, 11) is 1.69. The standard InChI is InChI=1S/C21H26FN3O2/c1-4-15(2)18-10-5-6-11-19(18)24-21(27)14-25(3)13-20(26)23-17-9-7-8-16(22)12-17/h5-12,15H,4,13-14H2,1-3H3,(H,23,26)(H,24,27)/t15-/m1/s1. The van der Waals surface area contributed by atoms with Crippen molar-refractivity contribution in [2.75, 3.05) is 30.8 Å². The van der Waals surface area contributed by atoms with Gasteiger partial charge in [-0.15, -0.1) is 0 Å². The Bertz CT molecular complexity index is 795. The number of rotatable bonds is 8. The van der Waals surface area contributed by atoms with Crippen molar-refractivity contribution in [2.24, 2.45) is 0 Å². The number of hydrogen-bond donors (Lipinski definition) is 2. The molecule has 2 aromatic rings. The van der Waals surface area contributed by atoms with Gasteiger partial charge >= 0.3 is 0 Å². The molecule has 144 valence electrons. The van der Waals surface area contributed by atoms with Gasteiger partial charge in [-0.2, -0.15) is 0 Å². The maximum Gasteiger partial charge on any atom is 0.238 e. The number of nitrogens with zero attached hydrogens (tertiary/aromatic N) is 1. The predicted molar refractivity (Wildman–Crippen MR) is 106 cm³/mol. The summed E-state index contributed by atoms with van der Waals surface area (Å²) < 4.78 is 13.2. The molecule has 0 aliphatic rings. The Morgan fingerprint density at radius 2 is 1.70 bits per heavy atom. The SMILES string of the molecule is CC[C@@H](C)c1ccccc1NC(=O)CN(C)CC(=O)Nc1cccc(F)c1. The molecule has 0 aromatic heterocycles. The summed E-state index contributed by atoms with van der Waals surface area (Å²) in [4.78, 5) is 26.0. The fourth-order valence-electron chi connectivity index (χ4n) is 2.76. The molecule has 0 aliphatic heterocycles. The minimum atomic E-state index is -0.416. The summed E-state index contributed by atoms with van der Waals surface area (Å²) in [6.45, 7) is 4.32. The summed E-state index contributed by atoms with van der Waals surface area (Å²) in [5.41, 5.74) is 2.29. The average Bonchev–Trinajstić information content (AvgIpc) is 2.61. The molecule has 0 aliphatic carbocycles. The van der Waals surface area contributed by atoms with Crippen LogP contribution in [0.3, 0.4) is 0 Å². The van der Waals surface area contributed by atoms with Gasteiger partial charge in [-0.3, -0.25) is 14.5 Å². The Morgan fingerprint density at radius 3 is 2.37 bits per heavy atom. The van der Waals surface area contributed by atoms with E-state index in [2.05, 4.69) is 24.5 Å². The molecule has 0 heterocycles. The lowest BCUT2D eigenvalue weighted by Gasteiger charge is -2.18. The van der Waals surface area contributed by atoms with Crippen LogP contribution in [0.25, 0.3) is 0 Å². The quantitative estimate of drug-likeness (QED) is 0.741. The molecule has 0 saturated carbocycles. The molecule has 0 bridgehead atoms. The summed E-state index contributed by atoms with van der Waals surface area (Å²) in [5.74, 6) is -0.570. The summed E-state index contributed by atoms with van der Waals surface area (Å²) >= 11 is 0. The van der Waals surface area contributed by atoms with Crippen molar-refractivity contribution in [3.63, 3.8) is 0 Å². The van der Waals surface area contributed by atoms with Gasteiger partial charge in [0, 0.05) is 11.4 Å². The number of amides is 2. The zero-order valence-electron chi connectivity index (χ0n) is 16.0. The van der Waals surface area contributed by atoms with E-state index in [9.17, 15) is 14.0 Å². The number of halogens is 1. The van der Waals surface area contributed by atoms with E-state index in [0.717, 1.165) is 17.7 Å². The van der Waals surface area contributed by atoms with Gasteiger partial charge in [0.25, 0.3) is 0 Å². The van der Waals surface area contributed by atoms with E-state index < -0.39 is 5.82 Å². The Morgan fingerprint density at radius 1 is 1.04 bits per heavy atom. The third-order valence-electron chi connectivity index (χ3n) is 4.31. The van der Waals surface area contributed by atoms with Gasteiger partial charge in [-0.1, -0.05) is 38.1 Å². The molecule has 0 unspecified atom stereocenters. The van der Waals surface area contributed by atoms with Crippen LogP contribution in [-0.2, 0) is 9.59 Å². The van der Waals surface area contributed by atoms with Crippen molar-refractivity contribution in [3.05, 3.63) is 59.9 Å². The highest BCUT2D eigenvalue weighted by molar-refractivity contribution is 5.95. The van der Waals surface area contributed by atoms with E-state index in [-0.39, 0.29) is 24.9 Å². The van der Waals surface area contributed by atoms with Crippen molar-refractivity contribution in [1.29, 1.82) is 0 Å². The number of nitrogens with one attached hydrogen (secondary N) is 2. The molecule has 0 radical (unpaired) electrons. The van der Waals surface area contributed by atoms with E-state index >= 15 is 0 Å². The lowest BCUT2D eigenvalue weighted by molar-refractivity contribution is -0.119. The van der Waals surface area contributed by atoms with Crippen molar-refractivity contribution < 1.29 is 14.0 Å². The summed E-state index contributed by atoms with van der Waals surface area (Å²) in [6, 6.07) is 13.4. The van der Waals surface area contributed by atoms with Crippen molar-refractivity contribution in [2.45, 2.75) is 26.2 Å². The second-order valence-electron chi connectivity index (χ2n) is 6.68. The predicted octanol–water partition coefficient (Wildman–Crippen LogP) is 3.85. The third-order valence-corrected chi connectivity index (χ3v) is 4.31. The van der Waals surface area contributed by atoms with Crippen LogP contribution in [0.1, 0.15) is 31.7 Å². The molecular formula is C21H26FN3O2. The highest BCUT2D eigenvalue weighted by Gasteiger charge is 2.14. The Labute approximate surface area is 159 Å². The Hall–Kier alpha value is -2.73. The summed E-state index contributed by atoms with van der Waals surface area (Å²) in [6.07, 6.45) is 0.979. The van der Waals surface area contributed by atoms with Gasteiger partial charge in [-0.25, -0.2) is 4.39 Å². The van der Waals surface area contributed by atoms with Crippen molar-refractivity contribution in [1.82, 2.24) is 4.90 Å². The maximum absolute atomic E-state index is 13.2. The molecule has 5 nitrogen and oxygen atoms in total. The van der Waals surface area contributed by atoms with Gasteiger partial charge in [-0.05, 0) is 49.2 Å². The number of carbonyl (C=O) groups excluding carboxylic acids is 2. The molecular weight excluding hydrogens is 345 g/mol. The van der Waals surface area contributed by atoms with Crippen molar-refractivity contribution >= 4 is 23.2 Å². The molecule has 2 rings (SSSR count). The van der Waals surface area contributed by atoms with Gasteiger partial charge in [0.05, 0.1) is 13.1 Å². The number of benzene rings is 2. The molecule has 1 atom stereocenters. The second kappa shape index (κ2) is 9.83. The molecule has 2 aromatic carbocycles. The van der Waals surface area contributed by atoms with Crippen LogP contribution in [0.2, 0.25) is 0 Å². The van der Waals surface area contributed by atoms with Gasteiger partial charge in [0.1, 0.15) is 5.82 Å².